The van der Waals surface area contributed by atoms with Crippen molar-refractivity contribution in [3.05, 3.63) is 40.9 Å². The zero-order valence-corrected chi connectivity index (χ0v) is 22.1. The van der Waals surface area contributed by atoms with Gasteiger partial charge >= 0.3 is 6.10 Å². The number of anilines is 1. The van der Waals surface area contributed by atoms with Gasteiger partial charge in [-0.1, -0.05) is 11.6 Å². The van der Waals surface area contributed by atoms with E-state index in [1.165, 1.54) is 26.2 Å². The van der Waals surface area contributed by atoms with E-state index in [2.05, 4.69) is 0 Å². The van der Waals surface area contributed by atoms with Crippen LogP contribution in [-0.2, 0) is 9.08 Å². The minimum absolute atomic E-state index is 0.206. The van der Waals surface area contributed by atoms with Crippen LogP contribution in [0.4, 0.5) is 5.69 Å². The number of halogens is 2. The first kappa shape index (κ1) is 27.6. The number of fused-ring (bicyclic) bond motifs is 1. The van der Waals surface area contributed by atoms with E-state index in [-0.39, 0.29) is 6.54 Å². The maximum atomic E-state index is 13.8. The minimum atomic E-state index is -4.93. The van der Waals surface area contributed by atoms with Crippen molar-refractivity contribution in [1.29, 1.82) is 0 Å². The SMILES string of the molecule is COc1cc(C2Sc3ccc(Cl)cc3N(CCN(C)C)C(=O)C2O[Cl+3]([O-])([O-])[O-])cc(OC)c1OC. The molecule has 13 heteroatoms. The molecule has 0 saturated heterocycles. The van der Waals surface area contributed by atoms with E-state index >= 15 is 0 Å². The van der Waals surface area contributed by atoms with Crippen molar-refractivity contribution < 1.29 is 47.5 Å². The van der Waals surface area contributed by atoms with Crippen molar-refractivity contribution in [2.45, 2.75) is 16.2 Å². The number of hydrogen-bond donors (Lipinski definition) is 0. The molecule has 0 aromatic heterocycles. The van der Waals surface area contributed by atoms with Crippen LogP contribution < -0.4 is 33.1 Å². The molecule has 0 saturated carbocycles. The molecule has 1 amide bonds. The van der Waals surface area contributed by atoms with Crippen LogP contribution in [0.3, 0.4) is 0 Å². The molecule has 0 N–H and O–H groups in total. The molecule has 1 heterocycles. The summed E-state index contributed by atoms with van der Waals surface area (Å²) in [5.41, 5.74) is 0.912. The molecule has 10 nitrogen and oxygen atoms in total. The van der Waals surface area contributed by atoms with Crippen LogP contribution in [0.25, 0.3) is 0 Å². The second-order valence-corrected chi connectivity index (χ2v) is 10.3. The Kier molecular flexibility index (Phi) is 9.00. The van der Waals surface area contributed by atoms with Gasteiger partial charge in [-0.05, 0) is 50.0 Å². The molecule has 0 bridgehead atoms. The van der Waals surface area contributed by atoms with E-state index in [0.29, 0.717) is 45.0 Å². The maximum Gasteiger partial charge on any atom is 0.307 e. The number of carbonyl (C=O) groups excluding carboxylic acids is 1. The van der Waals surface area contributed by atoms with E-state index in [1.54, 1.807) is 30.3 Å². The standard InChI is InChI=1S/C22H26Cl2N2O8S/c1-25(2)8-9-26-15-12-14(23)6-7-18(15)35-21(20(22(26)27)34-24(28,29)30)13-10-16(31-3)19(33-5)17(11-13)32-4/h6-7,10-12,20-21H,8-9H2,1-5H3. The van der Waals surface area contributed by atoms with Gasteiger partial charge in [0.05, 0.1) is 46.8 Å². The van der Waals surface area contributed by atoms with Gasteiger partial charge in [0.15, 0.2) is 11.5 Å². The summed E-state index contributed by atoms with van der Waals surface area (Å²) in [5, 5.41) is -0.568. The van der Waals surface area contributed by atoms with Gasteiger partial charge in [-0.25, -0.2) is 0 Å². The van der Waals surface area contributed by atoms with Crippen molar-refractivity contribution in [2.24, 2.45) is 0 Å². The van der Waals surface area contributed by atoms with Gasteiger partial charge in [-0.2, -0.15) is 14.0 Å². The number of ether oxygens (including phenoxy) is 3. The van der Waals surface area contributed by atoms with Gasteiger partial charge in [0.2, 0.25) is 5.75 Å². The third kappa shape index (κ3) is 6.43. The van der Waals surface area contributed by atoms with Crippen LogP contribution >= 0.6 is 23.4 Å². The van der Waals surface area contributed by atoms with E-state index in [0.717, 1.165) is 11.8 Å². The molecule has 2 aromatic carbocycles. The molecule has 2 unspecified atom stereocenters. The Morgan fingerprint density at radius 1 is 1.06 bits per heavy atom. The molecule has 3 rings (SSSR count). The molecule has 0 spiro atoms. The molecule has 35 heavy (non-hydrogen) atoms. The van der Waals surface area contributed by atoms with Gasteiger partial charge in [-0.15, -0.1) is 11.8 Å². The Hall–Kier alpha value is -1.96. The van der Waals surface area contributed by atoms with Crippen LogP contribution in [0, 0.1) is 10.2 Å². The number of amides is 1. The molecule has 1 aliphatic rings. The van der Waals surface area contributed by atoms with Crippen molar-refractivity contribution in [3.63, 3.8) is 0 Å². The summed E-state index contributed by atoms with van der Waals surface area (Å²) in [7, 11) is 3.05. The predicted molar refractivity (Wildman–Crippen MR) is 122 cm³/mol. The van der Waals surface area contributed by atoms with Gasteiger partial charge in [0.25, 0.3) is 5.91 Å². The highest BCUT2D eigenvalue weighted by atomic mass is 35.7. The summed E-state index contributed by atoms with van der Waals surface area (Å²) >= 11 is 7.39. The fourth-order valence-electron chi connectivity index (χ4n) is 3.64. The summed E-state index contributed by atoms with van der Waals surface area (Å²) in [6.07, 6.45) is -1.68. The number of carbonyl (C=O) groups is 1. The highest BCUT2D eigenvalue weighted by Crippen LogP contribution is 2.50. The zero-order chi connectivity index (χ0) is 25.9. The largest absolute Gasteiger partial charge is 0.493 e. The fourth-order valence-corrected chi connectivity index (χ4v) is 5.56. The second kappa shape index (κ2) is 11.4. The molecule has 0 aliphatic carbocycles. The summed E-state index contributed by atoms with van der Waals surface area (Å²) in [5.74, 6) is 0.198. The summed E-state index contributed by atoms with van der Waals surface area (Å²) in [4.78, 5) is 17.7. The van der Waals surface area contributed by atoms with Gasteiger partial charge in [0.1, 0.15) is 0 Å². The summed E-state index contributed by atoms with van der Waals surface area (Å²) in [6, 6.07) is 8.19. The number of thioether (sulfide) groups is 1. The topological polar surface area (TPSA) is 130 Å². The number of likely N-dealkylation sites (N-methyl/N-ethyl adjacent to an activating group) is 1. The van der Waals surface area contributed by atoms with Crippen LogP contribution in [0.15, 0.2) is 35.2 Å². The molecule has 0 radical (unpaired) electrons. The number of rotatable bonds is 9. The Morgan fingerprint density at radius 2 is 1.69 bits per heavy atom. The monoisotopic (exact) mass is 548 g/mol. The Labute approximate surface area is 215 Å². The minimum Gasteiger partial charge on any atom is -0.493 e. The van der Waals surface area contributed by atoms with Crippen molar-refractivity contribution in [1.82, 2.24) is 4.90 Å². The highest BCUT2D eigenvalue weighted by Gasteiger charge is 2.48. The molecule has 2 aromatic rings. The number of methoxy groups -OCH3 is 3. The molecule has 1 aliphatic heterocycles. The Bertz CT molecular complexity index is 1040. The number of benzene rings is 2. The van der Waals surface area contributed by atoms with Crippen molar-refractivity contribution in [2.75, 3.05) is 53.4 Å². The van der Waals surface area contributed by atoms with Crippen LogP contribution in [0.1, 0.15) is 10.8 Å². The molecular formula is C22H26Cl2N2O8S. The van der Waals surface area contributed by atoms with E-state index in [4.69, 9.17) is 30.1 Å². The smallest absolute Gasteiger partial charge is 0.307 e. The second-order valence-electron chi connectivity index (χ2n) is 7.79. The van der Waals surface area contributed by atoms with Crippen LogP contribution in [-0.4, -0.2) is 65.4 Å². The van der Waals surface area contributed by atoms with Gasteiger partial charge in [-0.3, -0.25) is 4.79 Å². The third-order valence-electron chi connectivity index (χ3n) is 5.24. The number of nitrogens with zero attached hydrogens (tertiary/aromatic N) is 2. The Morgan fingerprint density at radius 3 is 2.20 bits per heavy atom. The first-order valence-electron chi connectivity index (χ1n) is 10.3. The molecule has 192 valence electrons. The average Bonchev–Trinajstić information content (AvgIpc) is 2.90. The number of hydrogen-bond acceptors (Lipinski definition) is 10. The van der Waals surface area contributed by atoms with Crippen molar-refractivity contribution >= 4 is 35.0 Å². The van der Waals surface area contributed by atoms with E-state index < -0.39 is 27.5 Å². The normalized spacial score (nSPS) is 18.3. The molecule has 0 fully saturated rings. The first-order valence-corrected chi connectivity index (χ1v) is 12.8. The average molecular weight is 549 g/mol. The van der Waals surface area contributed by atoms with Crippen LogP contribution in [0.2, 0.25) is 5.02 Å². The third-order valence-corrected chi connectivity index (χ3v) is 7.26. The molecule has 2 atom stereocenters. The summed E-state index contributed by atoms with van der Waals surface area (Å²) in [6.45, 7) is 0.670. The quantitative estimate of drug-likeness (QED) is 0.433. The van der Waals surface area contributed by atoms with Crippen LogP contribution in [0.5, 0.6) is 17.2 Å². The van der Waals surface area contributed by atoms with E-state index in [9.17, 15) is 18.8 Å². The highest BCUT2D eigenvalue weighted by molar-refractivity contribution is 7.99. The first-order chi connectivity index (χ1) is 16.5. The molecular weight excluding hydrogens is 523 g/mol. The Balaban J connectivity index is 2.21. The van der Waals surface area contributed by atoms with Gasteiger partial charge < -0.3 is 24.0 Å². The van der Waals surface area contributed by atoms with E-state index in [1.807, 2.05) is 19.0 Å². The lowest BCUT2D eigenvalue weighted by Crippen LogP contribution is -2.64. The van der Waals surface area contributed by atoms with Crippen molar-refractivity contribution in [3.8, 4) is 17.2 Å². The predicted octanol–water partition coefficient (Wildman–Crippen LogP) is 0.390. The lowest BCUT2D eigenvalue weighted by molar-refractivity contribution is -1.92. The zero-order valence-electron chi connectivity index (χ0n) is 19.8. The fraction of sp³-hybridized carbons (Fsp3) is 0.409. The maximum absolute atomic E-state index is 13.8. The van der Waals surface area contributed by atoms with Gasteiger partial charge in [0, 0.05) is 23.0 Å². The summed E-state index contributed by atoms with van der Waals surface area (Å²) < 4.78 is 56.2. The lowest BCUT2D eigenvalue weighted by atomic mass is 10.0. The lowest BCUT2D eigenvalue weighted by Gasteiger charge is -2.27.